The van der Waals surface area contributed by atoms with Gasteiger partial charge >= 0.3 is 5.97 Å². The summed E-state index contributed by atoms with van der Waals surface area (Å²) in [5, 5.41) is 30.5. The third-order valence-electron chi connectivity index (χ3n) is 3.60. The number of ether oxygens (including phenoxy) is 1. The monoisotopic (exact) mass is 373 g/mol. The highest BCUT2D eigenvalue weighted by Crippen LogP contribution is 2.27. The summed E-state index contributed by atoms with van der Waals surface area (Å²) in [5.74, 6) is -3.25. The van der Waals surface area contributed by atoms with Crippen LogP contribution >= 0.6 is 0 Å². The summed E-state index contributed by atoms with van der Waals surface area (Å²) in [5.41, 5.74) is -1.11. The van der Waals surface area contributed by atoms with Crippen molar-refractivity contribution in [3.05, 3.63) is 63.2 Å². The zero-order valence-electron chi connectivity index (χ0n) is 14.2. The minimum absolute atomic E-state index is 0.0860. The number of nitro groups is 1. The predicted molar refractivity (Wildman–Crippen MR) is 91.9 cm³/mol. The molecule has 0 unspecified atom stereocenters. The molecule has 0 spiro atoms. The van der Waals surface area contributed by atoms with Crippen molar-refractivity contribution >= 4 is 23.2 Å². The second kappa shape index (κ2) is 8.09. The minimum atomic E-state index is -0.790. The molecule has 9 heteroatoms. The molecule has 2 rings (SSSR count). The average Bonchev–Trinajstić information content (AvgIpc) is 2.61. The maximum absolute atomic E-state index is 12.6. The Kier molecular flexibility index (Phi) is 5.86. The third kappa shape index (κ3) is 4.46. The SMILES string of the molecule is CCOC(=O)CC(=O)c1cc(C(=O)c2cc([N+](=O)[O-])ccc2O)ccc1O. The van der Waals surface area contributed by atoms with Crippen LogP contribution in [0.4, 0.5) is 5.69 Å². The van der Waals surface area contributed by atoms with Crippen molar-refractivity contribution in [2.75, 3.05) is 6.61 Å². The number of phenols is 2. The van der Waals surface area contributed by atoms with Gasteiger partial charge in [0, 0.05) is 17.7 Å². The summed E-state index contributed by atoms with van der Waals surface area (Å²) in [6, 6.07) is 6.29. The number of Topliss-reactive ketones (excluding diaryl/α,β-unsaturated/α-hetero) is 1. The first kappa shape index (κ1) is 19.6. The molecule has 0 heterocycles. The largest absolute Gasteiger partial charge is 0.507 e. The molecule has 0 saturated heterocycles. The van der Waals surface area contributed by atoms with E-state index in [4.69, 9.17) is 0 Å². The topological polar surface area (TPSA) is 144 Å². The fraction of sp³-hybridized carbons (Fsp3) is 0.167. The van der Waals surface area contributed by atoms with Gasteiger partial charge in [0.2, 0.25) is 0 Å². The number of hydrogen-bond acceptors (Lipinski definition) is 8. The van der Waals surface area contributed by atoms with Gasteiger partial charge in [0.25, 0.3) is 5.69 Å². The Balaban J connectivity index is 2.39. The van der Waals surface area contributed by atoms with E-state index in [1.54, 1.807) is 6.92 Å². The molecular weight excluding hydrogens is 358 g/mol. The molecule has 2 aromatic rings. The van der Waals surface area contributed by atoms with Crippen LogP contribution in [0.25, 0.3) is 0 Å². The molecule has 0 saturated carbocycles. The zero-order chi connectivity index (χ0) is 20.1. The van der Waals surface area contributed by atoms with Crippen molar-refractivity contribution in [3.63, 3.8) is 0 Å². The maximum atomic E-state index is 12.6. The van der Waals surface area contributed by atoms with E-state index < -0.39 is 46.1 Å². The fourth-order valence-corrected chi connectivity index (χ4v) is 2.31. The maximum Gasteiger partial charge on any atom is 0.313 e. The lowest BCUT2D eigenvalue weighted by molar-refractivity contribution is -0.384. The van der Waals surface area contributed by atoms with E-state index >= 15 is 0 Å². The number of nitro benzene ring substituents is 1. The highest BCUT2D eigenvalue weighted by Gasteiger charge is 2.22. The number of non-ortho nitro benzene ring substituents is 1. The van der Waals surface area contributed by atoms with Crippen molar-refractivity contribution in [2.24, 2.45) is 0 Å². The van der Waals surface area contributed by atoms with E-state index in [1.807, 2.05) is 0 Å². The van der Waals surface area contributed by atoms with Crippen LogP contribution in [0.5, 0.6) is 11.5 Å². The van der Waals surface area contributed by atoms with Crippen LogP contribution in [0.3, 0.4) is 0 Å². The Morgan fingerprint density at radius 1 is 1.04 bits per heavy atom. The lowest BCUT2D eigenvalue weighted by Crippen LogP contribution is -2.12. The molecule has 0 aliphatic heterocycles. The molecule has 140 valence electrons. The standard InChI is InChI=1S/C18H15NO8/c1-2-27-17(23)9-16(22)12-7-10(3-5-14(12)20)18(24)13-8-11(19(25)26)4-6-15(13)21/h3-8,20-21H,2,9H2,1H3. The van der Waals surface area contributed by atoms with Crippen LogP contribution in [0.15, 0.2) is 36.4 Å². The zero-order valence-corrected chi connectivity index (χ0v) is 14.2. The molecule has 27 heavy (non-hydrogen) atoms. The van der Waals surface area contributed by atoms with Crippen LogP contribution in [0.1, 0.15) is 39.6 Å². The molecule has 0 aliphatic rings. The molecule has 0 aliphatic carbocycles. The number of benzene rings is 2. The Labute approximate surface area is 153 Å². The van der Waals surface area contributed by atoms with Gasteiger partial charge in [0.05, 0.1) is 22.7 Å². The van der Waals surface area contributed by atoms with E-state index in [2.05, 4.69) is 4.74 Å². The molecule has 2 N–H and O–H groups in total. The van der Waals surface area contributed by atoms with Crippen molar-refractivity contribution in [1.29, 1.82) is 0 Å². The first-order valence-electron chi connectivity index (χ1n) is 7.78. The van der Waals surface area contributed by atoms with Gasteiger partial charge in [-0.05, 0) is 31.2 Å². The van der Waals surface area contributed by atoms with Crippen LogP contribution in [0.2, 0.25) is 0 Å². The summed E-state index contributed by atoms with van der Waals surface area (Å²) < 4.78 is 4.67. The van der Waals surface area contributed by atoms with E-state index in [1.165, 1.54) is 6.07 Å². The van der Waals surface area contributed by atoms with Gasteiger partial charge in [-0.1, -0.05) is 0 Å². The number of rotatable bonds is 7. The molecule has 0 bridgehead atoms. The van der Waals surface area contributed by atoms with Gasteiger partial charge in [0.1, 0.15) is 17.9 Å². The quantitative estimate of drug-likeness (QED) is 0.247. The molecule has 9 nitrogen and oxygen atoms in total. The number of phenolic OH excluding ortho intramolecular Hbond substituents is 2. The van der Waals surface area contributed by atoms with E-state index in [9.17, 15) is 34.7 Å². The number of esters is 1. The smallest absolute Gasteiger partial charge is 0.313 e. The van der Waals surface area contributed by atoms with Crippen molar-refractivity contribution < 1.29 is 34.3 Å². The van der Waals surface area contributed by atoms with E-state index in [0.717, 1.165) is 30.3 Å². The normalized spacial score (nSPS) is 10.3. The van der Waals surface area contributed by atoms with Gasteiger partial charge in [-0.3, -0.25) is 24.5 Å². The lowest BCUT2D eigenvalue weighted by Gasteiger charge is -2.08. The molecular formula is C18H15NO8. The second-order valence-corrected chi connectivity index (χ2v) is 5.42. The third-order valence-corrected chi connectivity index (χ3v) is 3.60. The predicted octanol–water partition coefficient (Wildman–Crippen LogP) is 2.37. The summed E-state index contributed by atoms with van der Waals surface area (Å²) in [6.45, 7) is 1.66. The molecule has 0 amide bonds. The van der Waals surface area contributed by atoms with Gasteiger partial charge in [-0.2, -0.15) is 0 Å². The number of carbonyl (C=O) groups excluding carboxylic acids is 3. The van der Waals surface area contributed by atoms with Crippen LogP contribution < -0.4 is 0 Å². The average molecular weight is 373 g/mol. The van der Waals surface area contributed by atoms with Gasteiger partial charge < -0.3 is 14.9 Å². The van der Waals surface area contributed by atoms with Gasteiger partial charge in [0.15, 0.2) is 11.6 Å². The Morgan fingerprint density at radius 2 is 1.67 bits per heavy atom. The summed E-state index contributed by atoms with van der Waals surface area (Å²) in [4.78, 5) is 46.3. The lowest BCUT2D eigenvalue weighted by atomic mass is 9.97. The van der Waals surface area contributed by atoms with Crippen molar-refractivity contribution in [2.45, 2.75) is 13.3 Å². The number of nitrogens with zero attached hydrogens (tertiary/aromatic N) is 1. The Bertz CT molecular complexity index is 935. The Hall–Kier alpha value is -3.75. The van der Waals surface area contributed by atoms with E-state index in [-0.39, 0.29) is 23.3 Å². The highest BCUT2D eigenvalue weighted by atomic mass is 16.6. The van der Waals surface area contributed by atoms with Gasteiger partial charge in [-0.15, -0.1) is 0 Å². The number of carbonyl (C=O) groups is 3. The molecule has 0 fully saturated rings. The fourth-order valence-electron chi connectivity index (χ4n) is 2.31. The van der Waals surface area contributed by atoms with Crippen LogP contribution in [0, 0.1) is 10.1 Å². The Morgan fingerprint density at radius 3 is 2.30 bits per heavy atom. The molecule has 0 atom stereocenters. The number of hydrogen-bond donors (Lipinski definition) is 2. The summed E-state index contributed by atoms with van der Waals surface area (Å²) in [6.07, 6.45) is -0.624. The number of aromatic hydroxyl groups is 2. The van der Waals surface area contributed by atoms with Crippen molar-refractivity contribution in [3.8, 4) is 11.5 Å². The van der Waals surface area contributed by atoms with Crippen LogP contribution in [-0.2, 0) is 9.53 Å². The first-order valence-corrected chi connectivity index (χ1v) is 7.78. The van der Waals surface area contributed by atoms with E-state index in [0.29, 0.717) is 0 Å². The highest BCUT2D eigenvalue weighted by molar-refractivity contribution is 6.13. The molecule has 0 radical (unpaired) electrons. The molecule has 0 aromatic heterocycles. The minimum Gasteiger partial charge on any atom is -0.507 e. The summed E-state index contributed by atoms with van der Waals surface area (Å²) >= 11 is 0. The van der Waals surface area contributed by atoms with Crippen LogP contribution in [-0.4, -0.2) is 39.3 Å². The first-order chi connectivity index (χ1) is 12.7. The molecule has 2 aromatic carbocycles. The van der Waals surface area contributed by atoms with Crippen molar-refractivity contribution in [1.82, 2.24) is 0 Å². The summed E-state index contributed by atoms with van der Waals surface area (Å²) in [7, 11) is 0. The second-order valence-electron chi connectivity index (χ2n) is 5.42. The number of ketones is 2. The van der Waals surface area contributed by atoms with Gasteiger partial charge in [-0.25, -0.2) is 0 Å².